The van der Waals surface area contributed by atoms with Crippen LogP contribution in [0.5, 0.6) is 0 Å². The Hall–Kier alpha value is -1.94. The van der Waals surface area contributed by atoms with E-state index in [-0.39, 0.29) is 5.69 Å². The van der Waals surface area contributed by atoms with Crippen molar-refractivity contribution in [2.75, 3.05) is 0 Å². The van der Waals surface area contributed by atoms with E-state index in [0.29, 0.717) is 0 Å². The number of hydrogen-bond donors (Lipinski definition) is 2. The molecular formula is C11H10N2O2. The van der Waals surface area contributed by atoms with Crippen LogP contribution in [0.15, 0.2) is 30.3 Å². The number of hydrogen-bond acceptors (Lipinski definition) is 3. The van der Waals surface area contributed by atoms with Crippen molar-refractivity contribution in [3.8, 4) is 0 Å². The molecule has 0 fully saturated rings. The van der Waals surface area contributed by atoms with Crippen LogP contribution in [0.4, 0.5) is 0 Å². The number of fused-ring (bicyclic) bond motifs is 1. The average molecular weight is 202 g/mol. The highest BCUT2D eigenvalue weighted by Crippen LogP contribution is 2.16. The van der Waals surface area contributed by atoms with Crippen molar-refractivity contribution in [1.82, 2.24) is 10.5 Å². The normalized spacial score (nSPS) is 10.3. The molecule has 0 radical (unpaired) electrons. The molecule has 0 aliphatic heterocycles. The fraction of sp³-hybridized carbons (Fsp3) is 0.0909. The summed E-state index contributed by atoms with van der Waals surface area (Å²) in [6.07, 6.45) is 0. The van der Waals surface area contributed by atoms with Gasteiger partial charge < -0.3 is 0 Å². The van der Waals surface area contributed by atoms with Gasteiger partial charge in [-0.1, -0.05) is 18.2 Å². The quantitative estimate of drug-likeness (QED) is 0.546. The second kappa shape index (κ2) is 3.67. The van der Waals surface area contributed by atoms with Crippen molar-refractivity contribution in [2.45, 2.75) is 6.92 Å². The molecule has 4 nitrogen and oxygen atoms in total. The Morgan fingerprint density at radius 1 is 1.40 bits per heavy atom. The monoisotopic (exact) mass is 202 g/mol. The summed E-state index contributed by atoms with van der Waals surface area (Å²) in [5.74, 6) is -0.594. The van der Waals surface area contributed by atoms with Crippen LogP contribution in [0.25, 0.3) is 10.9 Å². The topological polar surface area (TPSA) is 62.2 Å². The maximum atomic E-state index is 11.2. The molecule has 0 bridgehead atoms. The summed E-state index contributed by atoms with van der Waals surface area (Å²) >= 11 is 0. The third kappa shape index (κ3) is 1.67. The number of hydroxylamine groups is 1. The van der Waals surface area contributed by atoms with Gasteiger partial charge in [-0.25, -0.2) is 10.5 Å². The summed E-state index contributed by atoms with van der Waals surface area (Å²) in [7, 11) is 0. The number of amides is 1. The zero-order valence-electron chi connectivity index (χ0n) is 8.19. The van der Waals surface area contributed by atoms with E-state index in [0.717, 1.165) is 16.5 Å². The van der Waals surface area contributed by atoms with E-state index in [2.05, 4.69) is 4.98 Å². The van der Waals surface area contributed by atoms with Gasteiger partial charge in [-0.05, 0) is 24.6 Å². The van der Waals surface area contributed by atoms with Gasteiger partial charge in [0.05, 0.1) is 5.52 Å². The van der Waals surface area contributed by atoms with E-state index >= 15 is 0 Å². The zero-order chi connectivity index (χ0) is 10.8. The number of pyridine rings is 1. The van der Waals surface area contributed by atoms with Crippen LogP contribution >= 0.6 is 0 Å². The van der Waals surface area contributed by atoms with Crippen LogP contribution in [0.3, 0.4) is 0 Å². The summed E-state index contributed by atoms with van der Waals surface area (Å²) < 4.78 is 0. The summed E-state index contributed by atoms with van der Waals surface area (Å²) in [5.41, 5.74) is 3.49. The second-order valence-corrected chi connectivity index (χ2v) is 3.28. The van der Waals surface area contributed by atoms with Crippen molar-refractivity contribution in [2.24, 2.45) is 0 Å². The van der Waals surface area contributed by atoms with E-state index in [1.807, 2.05) is 31.2 Å². The lowest BCUT2D eigenvalue weighted by molar-refractivity contribution is 0.0701. The molecule has 0 saturated heterocycles. The first-order chi connectivity index (χ1) is 7.22. The Morgan fingerprint density at radius 3 is 2.87 bits per heavy atom. The molecule has 1 amide bonds. The van der Waals surface area contributed by atoms with Gasteiger partial charge in [-0.2, -0.15) is 0 Å². The third-order valence-electron chi connectivity index (χ3n) is 2.26. The van der Waals surface area contributed by atoms with Gasteiger partial charge in [0.2, 0.25) is 0 Å². The van der Waals surface area contributed by atoms with Gasteiger partial charge in [0.25, 0.3) is 5.91 Å². The molecule has 0 aliphatic rings. The lowest BCUT2D eigenvalue weighted by Gasteiger charge is -2.04. The number of carbonyl (C=O) groups is 1. The van der Waals surface area contributed by atoms with Crippen LogP contribution in [0.1, 0.15) is 16.1 Å². The molecule has 0 spiro atoms. The van der Waals surface area contributed by atoms with Crippen molar-refractivity contribution in [3.63, 3.8) is 0 Å². The summed E-state index contributed by atoms with van der Waals surface area (Å²) in [6, 6.07) is 9.20. The second-order valence-electron chi connectivity index (χ2n) is 3.28. The Balaban J connectivity index is 2.67. The van der Waals surface area contributed by atoms with Crippen molar-refractivity contribution in [1.29, 1.82) is 0 Å². The summed E-state index contributed by atoms with van der Waals surface area (Å²) in [6.45, 7) is 1.90. The van der Waals surface area contributed by atoms with Crippen LogP contribution in [0.2, 0.25) is 0 Å². The minimum absolute atomic E-state index is 0.216. The number of carbonyl (C=O) groups excluding carboxylic acids is 1. The minimum Gasteiger partial charge on any atom is -0.288 e. The Labute approximate surface area is 86.5 Å². The number of nitrogens with one attached hydrogen (secondary N) is 1. The van der Waals surface area contributed by atoms with E-state index in [4.69, 9.17) is 5.21 Å². The molecule has 76 valence electrons. The lowest BCUT2D eigenvalue weighted by atomic mass is 10.1. The molecule has 0 saturated carbocycles. The van der Waals surface area contributed by atoms with Gasteiger partial charge in [0.15, 0.2) is 0 Å². The molecule has 2 N–H and O–H groups in total. The van der Waals surface area contributed by atoms with Crippen LogP contribution in [0, 0.1) is 6.92 Å². The zero-order valence-corrected chi connectivity index (χ0v) is 8.19. The van der Waals surface area contributed by atoms with E-state index in [9.17, 15) is 4.79 Å². The van der Waals surface area contributed by atoms with Crippen LogP contribution < -0.4 is 5.48 Å². The van der Waals surface area contributed by atoms with E-state index in [1.165, 1.54) is 0 Å². The van der Waals surface area contributed by atoms with Crippen LogP contribution in [-0.2, 0) is 0 Å². The predicted molar refractivity (Wildman–Crippen MR) is 55.7 cm³/mol. The molecule has 1 aromatic carbocycles. The smallest absolute Gasteiger partial charge is 0.288 e. The number of aromatic nitrogens is 1. The average Bonchev–Trinajstić information content (AvgIpc) is 2.28. The number of benzene rings is 1. The number of nitrogens with zero attached hydrogens (tertiary/aromatic N) is 1. The number of aryl methyl sites for hydroxylation is 1. The minimum atomic E-state index is -0.594. The van der Waals surface area contributed by atoms with Gasteiger partial charge in [0, 0.05) is 5.39 Å². The van der Waals surface area contributed by atoms with Gasteiger partial charge in [0.1, 0.15) is 5.69 Å². The molecule has 4 heteroatoms. The van der Waals surface area contributed by atoms with Crippen molar-refractivity contribution < 1.29 is 10.0 Å². The number of rotatable bonds is 1. The molecule has 0 unspecified atom stereocenters. The SMILES string of the molecule is Cc1cc(C(=O)NO)nc2ccccc12. The first-order valence-electron chi connectivity index (χ1n) is 4.53. The van der Waals surface area contributed by atoms with Crippen LogP contribution in [-0.4, -0.2) is 16.1 Å². The molecule has 0 aliphatic carbocycles. The molecule has 1 heterocycles. The fourth-order valence-electron chi connectivity index (χ4n) is 1.52. The first-order valence-corrected chi connectivity index (χ1v) is 4.53. The van der Waals surface area contributed by atoms with E-state index in [1.54, 1.807) is 11.5 Å². The Morgan fingerprint density at radius 2 is 2.13 bits per heavy atom. The maximum Gasteiger partial charge on any atom is 0.293 e. The molecule has 0 atom stereocenters. The highest BCUT2D eigenvalue weighted by atomic mass is 16.5. The highest BCUT2D eigenvalue weighted by Gasteiger charge is 2.08. The number of para-hydroxylation sites is 1. The molecule has 1 aromatic heterocycles. The summed E-state index contributed by atoms with van der Waals surface area (Å²) in [5, 5.41) is 9.52. The Kier molecular flexibility index (Phi) is 2.35. The fourth-order valence-corrected chi connectivity index (χ4v) is 1.52. The lowest BCUT2D eigenvalue weighted by Crippen LogP contribution is -2.20. The van der Waals surface area contributed by atoms with Gasteiger partial charge >= 0.3 is 0 Å². The molecule has 15 heavy (non-hydrogen) atoms. The molecular weight excluding hydrogens is 192 g/mol. The van der Waals surface area contributed by atoms with E-state index < -0.39 is 5.91 Å². The summed E-state index contributed by atoms with van der Waals surface area (Å²) in [4.78, 5) is 15.3. The molecule has 2 rings (SSSR count). The largest absolute Gasteiger partial charge is 0.293 e. The predicted octanol–water partition coefficient (Wildman–Crippen LogP) is 1.66. The highest BCUT2D eigenvalue weighted by molar-refractivity contribution is 5.95. The third-order valence-corrected chi connectivity index (χ3v) is 2.26. The maximum absolute atomic E-state index is 11.2. The van der Waals surface area contributed by atoms with Gasteiger partial charge in [-0.15, -0.1) is 0 Å². The molecule has 2 aromatic rings. The Bertz CT molecular complexity index is 523. The van der Waals surface area contributed by atoms with Gasteiger partial charge in [-0.3, -0.25) is 10.0 Å². The first kappa shape index (κ1) is 9.61. The van der Waals surface area contributed by atoms with Crippen molar-refractivity contribution in [3.05, 3.63) is 41.6 Å². The standard InChI is InChI=1S/C11H10N2O2/c1-7-6-10(11(14)13-15)12-9-5-3-2-4-8(7)9/h2-6,15H,1H3,(H,13,14). The van der Waals surface area contributed by atoms with Crippen molar-refractivity contribution >= 4 is 16.8 Å².